The van der Waals surface area contributed by atoms with Crippen LogP contribution in [0.15, 0.2) is 10.6 Å². The zero-order chi connectivity index (χ0) is 9.68. The van der Waals surface area contributed by atoms with E-state index in [4.69, 9.17) is 9.63 Å². The Hall–Kier alpha value is -0.830. The molecule has 1 aromatic rings. The predicted molar refractivity (Wildman–Crippen MR) is 50.6 cm³/mol. The lowest BCUT2D eigenvalue weighted by Crippen LogP contribution is -1.94. The van der Waals surface area contributed by atoms with Gasteiger partial charge in [-0.1, -0.05) is 19.0 Å². The molecule has 0 fully saturated rings. The molecule has 0 amide bonds. The summed E-state index contributed by atoms with van der Waals surface area (Å²) in [6.45, 7) is 4.42. The molecule has 1 N–H and O–H groups in total. The fourth-order valence-corrected chi connectivity index (χ4v) is 1.46. The molecule has 0 atom stereocenters. The highest BCUT2D eigenvalue weighted by Crippen LogP contribution is 2.22. The number of nitrogens with zero attached hydrogens (tertiary/aromatic N) is 1. The van der Waals surface area contributed by atoms with Crippen molar-refractivity contribution >= 4 is 0 Å². The number of hydrogen-bond acceptors (Lipinski definition) is 3. The number of aromatic nitrogens is 1. The standard InChI is InChI=1S/C10H17NO2/c1-3-8(4-2)10-7-9(5-6-12)13-11-10/h7-8,12H,3-6H2,1-2H3. The molecule has 0 aliphatic heterocycles. The van der Waals surface area contributed by atoms with E-state index in [0.717, 1.165) is 24.3 Å². The first-order valence-corrected chi connectivity index (χ1v) is 4.88. The fourth-order valence-electron chi connectivity index (χ4n) is 1.46. The third kappa shape index (κ3) is 2.56. The van der Waals surface area contributed by atoms with Crippen LogP contribution >= 0.6 is 0 Å². The lowest BCUT2D eigenvalue weighted by Gasteiger charge is -2.05. The first-order chi connectivity index (χ1) is 6.31. The third-order valence-electron chi connectivity index (χ3n) is 2.34. The summed E-state index contributed by atoms with van der Waals surface area (Å²) in [4.78, 5) is 0. The van der Waals surface area contributed by atoms with Gasteiger partial charge < -0.3 is 9.63 Å². The average Bonchev–Trinajstić information content (AvgIpc) is 2.56. The molecule has 0 spiro atoms. The lowest BCUT2D eigenvalue weighted by molar-refractivity contribution is 0.276. The molecule has 0 unspecified atom stereocenters. The van der Waals surface area contributed by atoms with Gasteiger partial charge in [0.1, 0.15) is 5.76 Å². The summed E-state index contributed by atoms with van der Waals surface area (Å²) in [7, 11) is 0. The van der Waals surface area contributed by atoms with Crippen LogP contribution in [-0.2, 0) is 6.42 Å². The highest BCUT2D eigenvalue weighted by molar-refractivity contribution is 5.10. The van der Waals surface area contributed by atoms with Gasteiger partial charge in [-0.2, -0.15) is 0 Å². The minimum Gasteiger partial charge on any atom is -0.396 e. The highest BCUT2D eigenvalue weighted by atomic mass is 16.5. The van der Waals surface area contributed by atoms with Crippen molar-refractivity contribution < 1.29 is 9.63 Å². The van der Waals surface area contributed by atoms with E-state index >= 15 is 0 Å². The van der Waals surface area contributed by atoms with Crippen LogP contribution in [0.1, 0.15) is 44.1 Å². The van der Waals surface area contributed by atoms with Crippen molar-refractivity contribution in [3.05, 3.63) is 17.5 Å². The number of aliphatic hydroxyl groups is 1. The second-order valence-corrected chi connectivity index (χ2v) is 3.21. The lowest BCUT2D eigenvalue weighted by atomic mass is 9.99. The van der Waals surface area contributed by atoms with Crippen LogP contribution in [0, 0.1) is 0 Å². The first kappa shape index (κ1) is 10.3. The van der Waals surface area contributed by atoms with E-state index in [0.29, 0.717) is 12.3 Å². The van der Waals surface area contributed by atoms with Crippen molar-refractivity contribution in [3.8, 4) is 0 Å². The SMILES string of the molecule is CCC(CC)c1cc(CCO)on1. The van der Waals surface area contributed by atoms with Gasteiger partial charge in [-0.3, -0.25) is 0 Å². The Bertz CT molecular complexity index is 241. The van der Waals surface area contributed by atoms with Crippen LogP contribution < -0.4 is 0 Å². The summed E-state index contributed by atoms with van der Waals surface area (Å²) in [5.41, 5.74) is 1.02. The van der Waals surface area contributed by atoms with Crippen molar-refractivity contribution in [3.63, 3.8) is 0 Å². The smallest absolute Gasteiger partial charge is 0.139 e. The van der Waals surface area contributed by atoms with Gasteiger partial charge in [0, 0.05) is 18.4 Å². The van der Waals surface area contributed by atoms with Crippen molar-refractivity contribution in [2.75, 3.05) is 6.61 Å². The molecule has 1 rings (SSSR count). The average molecular weight is 183 g/mol. The van der Waals surface area contributed by atoms with Crippen molar-refractivity contribution in [1.29, 1.82) is 0 Å². The van der Waals surface area contributed by atoms with Gasteiger partial charge in [-0.15, -0.1) is 0 Å². The van der Waals surface area contributed by atoms with Crippen molar-refractivity contribution in [2.24, 2.45) is 0 Å². The molecular formula is C10H17NO2. The van der Waals surface area contributed by atoms with E-state index in [-0.39, 0.29) is 6.61 Å². The van der Waals surface area contributed by atoms with Crippen LogP contribution in [-0.4, -0.2) is 16.9 Å². The summed E-state index contributed by atoms with van der Waals surface area (Å²) in [6, 6.07) is 1.95. The summed E-state index contributed by atoms with van der Waals surface area (Å²) in [6.07, 6.45) is 2.73. The summed E-state index contributed by atoms with van der Waals surface area (Å²) in [5, 5.41) is 12.7. The summed E-state index contributed by atoms with van der Waals surface area (Å²) in [5.74, 6) is 1.28. The molecular weight excluding hydrogens is 166 g/mol. The fraction of sp³-hybridized carbons (Fsp3) is 0.700. The second kappa shape index (κ2) is 5.02. The van der Waals surface area contributed by atoms with E-state index in [9.17, 15) is 0 Å². The molecule has 0 aliphatic carbocycles. The van der Waals surface area contributed by atoms with E-state index in [2.05, 4.69) is 19.0 Å². The van der Waals surface area contributed by atoms with Gasteiger partial charge in [-0.25, -0.2) is 0 Å². The Morgan fingerprint density at radius 3 is 2.69 bits per heavy atom. The minimum absolute atomic E-state index is 0.123. The molecule has 0 saturated heterocycles. The van der Waals surface area contributed by atoms with Crippen LogP contribution in [0.5, 0.6) is 0 Å². The normalized spacial score (nSPS) is 11.1. The summed E-state index contributed by atoms with van der Waals surface area (Å²) >= 11 is 0. The molecule has 13 heavy (non-hydrogen) atoms. The van der Waals surface area contributed by atoms with Crippen LogP contribution in [0.2, 0.25) is 0 Å². The molecule has 3 nitrogen and oxygen atoms in total. The maximum atomic E-state index is 8.69. The number of hydrogen-bond donors (Lipinski definition) is 1. The number of aliphatic hydroxyl groups excluding tert-OH is 1. The molecule has 0 bridgehead atoms. The topological polar surface area (TPSA) is 46.3 Å². The monoisotopic (exact) mass is 183 g/mol. The molecule has 0 radical (unpaired) electrons. The Labute approximate surface area is 78.7 Å². The molecule has 74 valence electrons. The second-order valence-electron chi connectivity index (χ2n) is 3.21. The van der Waals surface area contributed by atoms with Crippen molar-refractivity contribution in [2.45, 2.75) is 39.0 Å². The van der Waals surface area contributed by atoms with Gasteiger partial charge in [0.15, 0.2) is 0 Å². The van der Waals surface area contributed by atoms with Gasteiger partial charge in [-0.05, 0) is 12.8 Å². The van der Waals surface area contributed by atoms with Crippen LogP contribution in [0.25, 0.3) is 0 Å². The number of rotatable bonds is 5. The van der Waals surface area contributed by atoms with Gasteiger partial charge in [0.25, 0.3) is 0 Å². The molecule has 0 aliphatic rings. The van der Waals surface area contributed by atoms with Gasteiger partial charge in [0.05, 0.1) is 12.3 Å². The predicted octanol–water partition coefficient (Wildman–Crippen LogP) is 2.11. The van der Waals surface area contributed by atoms with Crippen molar-refractivity contribution in [1.82, 2.24) is 5.16 Å². The van der Waals surface area contributed by atoms with Gasteiger partial charge in [0.2, 0.25) is 0 Å². The Morgan fingerprint density at radius 1 is 1.46 bits per heavy atom. The minimum atomic E-state index is 0.123. The molecule has 1 aromatic heterocycles. The van der Waals surface area contributed by atoms with E-state index in [1.54, 1.807) is 0 Å². The Balaban J connectivity index is 2.66. The zero-order valence-electron chi connectivity index (χ0n) is 8.29. The third-order valence-corrected chi connectivity index (χ3v) is 2.34. The first-order valence-electron chi connectivity index (χ1n) is 4.88. The highest BCUT2D eigenvalue weighted by Gasteiger charge is 2.12. The Morgan fingerprint density at radius 2 is 2.15 bits per heavy atom. The molecule has 0 saturated carbocycles. The quantitative estimate of drug-likeness (QED) is 0.760. The summed E-state index contributed by atoms with van der Waals surface area (Å²) < 4.78 is 5.08. The van der Waals surface area contributed by atoms with E-state index < -0.39 is 0 Å². The zero-order valence-corrected chi connectivity index (χ0v) is 8.29. The maximum Gasteiger partial charge on any atom is 0.139 e. The van der Waals surface area contributed by atoms with Crippen LogP contribution in [0.4, 0.5) is 0 Å². The maximum absolute atomic E-state index is 8.69. The Kier molecular flexibility index (Phi) is 3.96. The van der Waals surface area contributed by atoms with Gasteiger partial charge >= 0.3 is 0 Å². The van der Waals surface area contributed by atoms with Crippen LogP contribution in [0.3, 0.4) is 0 Å². The van der Waals surface area contributed by atoms with E-state index in [1.807, 2.05) is 6.07 Å². The molecule has 3 heteroatoms. The molecule has 0 aromatic carbocycles. The molecule has 1 heterocycles. The van der Waals surface area contributed by atoms with E-state index in [1.165, 1.54) is 0 Å². The largest absolute Gasteiger partial charge is 0.396 e.